The molecular weight excluding hydrogens is 459 g/mol. The highest BCUT2D eigenvalue weighted by molar-refractivity contribution is 6.35. The zero-order chi connectivity index (χ0) is 22.8. The van der Waals surface area contributed by atoms with Crippen molar-refractivity contribution in [1.29, 1.82) is 0 Å². The van der Waals surface area contributed by atoms with Crippen molar-refractivity contribution < 1.29 is 14.6 Å². The molecule has 7 heteroatoms. The van der Waals surface area contributed by atoms with E-state index in [4.69, 9.17) is 32.7 Å². The predicted octanol–water partition coefficient (Wildman–Crippen LogP) is 7.61. The predicted molar refractivity (Wildman–Crippen MR) is 131 cm³/mol. The van der Waals surface area contributed by atoms with E-state index in [1.54, 1.807) is 42.6 Å². The first kappa shape index (κ1) is 21.2. The Labute approximate surface area is 200 Å². The van der Waals surface area contributed by atoms with Gasteiger partial charge in [-0.05, 0) is 47.2 Å². The summed E-state index contributed by atoms with van der Waals surface area (Å²) in [5.74, 6) is 1.71. The summed E-state index contributed by atoms with van der Waals surface area (Å²) in [6, 6.07) is 24.2. The van der Waals surface area contributed by atoms with E-state index < -0.39 is 0 Å². The fraction of sp³-hybridized carbons (Fsp3) is 0.0385. The Morgan fingerprint density at radius 1 is 0.848 bits per heavy atom. The number of nitrogens with one attached hydrogen (secondary N) is 1. The van der Waals surface area contributed by atoms with Crippen LogP contribution < -0.4 is 9.47 Å². The van der Waals surface area contributed by atoms with Crippen LogP contribution >= 0.6 is 23.2 Å². The Bertz CT molecular complexity index is 1450. The number of hydrogen-bond donors (Lipinski definition) is 2. The third kappa shape index (κ3) is 4.60. The molecule has 0 fully saturated rings. The highest BCUT2D eigenvalue weighted by Crippen LogP contribution is 2.38. The number of fused-ring (bicyclic) bond motifs is 1. The molecule has 0 aliphatic heterocycles. The molecule has 33 heavy (non-hydrogen) atoms. The van der Waals surface area contributed by atoms with Crippen molar-refractivity contribution in [2.45, 2.75) is 6.61 Å². The third-order valence-electron chi connectivity index (χ3n) is 5.20. The number of halogens is 2. The van der Waals surface area contributed by atoms with E-state index in [0.717, 1.165) is 16.3 Å². The molecule has 0 saturated heterocycles. The maximum atomic E-state index is 10.7. The van der Waals surface area contributed by atoms with Gasteiger partial charge in [0.25, 0.3) is 0 Å². The van der Waals surface area contributed by atoms with Crippen LogP contribution in [0.15, 0.2) is 85.1 Å². The molecule has 4 aromatic carbocycles. The van der Waals surface area contributed by atoms with Crippen LogP contribution in [0.3, 0.4) is 0 Å². The van der Waals surface area contributed by atoms with Crippen molar-refractivity contribution in [3.05, 3.63) is 101 Å². The molecule has 5 nitrogen and oxygen atoms in total. The van der Waals surface area contributed by atoms with Crippen LogP contribution in [0, 0.1) is 0 Å². The quantitative estimate of drug-likeness (QED) is 0.264. The molecule has 1 aromatic heterocycles. The van der Waals surface area contributed by atoms with E-state index in [0.29, 0.717) is 38.6 Å². The van der Waals surface area contributed by atoms with Crippen molar-refractivity contribution in [1.82, 2.24) is 10.2 Å². The van der Waals surface area contributed by atoms with Crippen LogP contribution in [0.4, 0.5) is 0 Å². The highest BCUT2D eigenvalue weighted by Gasteiger charge is 2.15. The van der Waals surface area contributed by atoms with Gasteiger partial charge in [-0.25, -0.2) is 0 Å². The molecule has 5 aromatic rings. The minimum absolute atomic E-state index is 0.0299. The summed E-state index contributed by atoms with van der Waals surface area (Å²) in [5, 5.41) is 20.9. The first-order valence-electron chi connectivity index (χ1n) is 10.2. The van der Waals surface area contributed by atoms with Gasteiger partial charge in [0.05, 0.1) is 6.20 Å². The third-order valence-corrected chi connectivity index (χ3v) is 5.79. The van der Waals surface area contributed by atoms with E-state index in [-0.39, 0.29) is 12.4 Å². The number of aromatic nitrogens is 2. The second-order valence-electron chi connectivity index (χ2n) is 7.42. The summed E-state index contributed by atoms with van der Waals surface area (Å²) in [5.41, 5.74) is 1.90. The molecule has 0 amide bonds. The van der Waals surface area contributed by atoms with Gasteiger partial charge >= 0.3 is 0 Å². The van der Waals surface area contributed by atoms with Crippen molar-refractivity contribution >= 4 is 34.0 Å². The zero-order valence-corrected chi connectivity index (χ0v) is 18.8. The fourth-order valence-electron chi connectivity index (χ4n) is 3.52. The first-order valence-corrected chi connectivity index (χ1v) is 10.9. The standard InChI is InChI=1S/C26H18Cl2N2O3/c27-19-7-5-18(23(28)12-19)15-32-20-9-10-22(24(31)13-20)26-25(14-29-30-26)33-21-8-6-16-3-1-2-4-17(16)11-21/h1-14,31H,15H2,(H,29,30). The van der Waals surface area contributed by atoms with E-state index >= 15 is 0 Å². The molecule has 164 valence electrons. The summed E-state index contributed by atoms with van der Waals surface area (Å²) in [4.78, 5) is 0. The minimum Gasteiger partial charge on any atom is -0.507 e. The lowest BCUT2D eigenvalue weighted by atomic mass is 10.1. The zero-order valence-electron chi connectivity index (χ0n) is 17.3. The van der Waals surface area contributed by atoms with Gasteiger partial charge in [-0.2, -0.15) is 5.10 Å². The van der Waals surface area contributed by atoms with E-state index in [1.807, 2.05) is 42.5 Å². The number of nitrogens with zero attached hydrogens (tertiary/aromatic N) is 1. The Balaban J connectivity index is 1.35. The Hall–Kier alpha value is -3.67. The minimum atomic E-state index is 0.0299. The van der Waals surface area contributed by atoms with Gasteiger partial charge in [0.1, 0.15) is 29.5 Å². The second-order valence-corrected chi connectivity index (χ2v) is 8.27. The van der Waals surface area contributed by atoms with E-state index in [9.17, 15) is 5.11 Å². The number of rotatable bonds is 6. The number of aromatic hydroxyl groups is 1. The number of aromatic amines is 1. The van der Waals surface area contributed by atoms with E-state index in [2.05, 4.69) is 10.2 Å². The van der Waals surface area contributed by atoms with Crippen LogP contribution in [0.1, 0.15) is 5.56 Å². The molecule has 0 bridgehead atoms. The lowest BCUT2D eigenvalue weighted by Gasteiger charge is -2.11. The molecule has 0 saturated carbocycles. The van der Waals surface area contributed by atoms with Crippen molar-refractivity contribution in [3.8, 4) is 34.3 Å². The van der Waals surface area contributed by atoms with Gasteiger partial charge in [-0.1, -0.05) is 59.6 Å². The second kappa shape index (κ2) is 9.06. The van der Waals surface area contributed by atoms with Crippen molar-refractivity contribution in [3.63, 3.8) is 0 Å². The molecule has 0 aliphatic rings. The monoisotopic (exact) mass is 476 g/mol. The average Bonchev–Trinajstić information content (AvgIpc) is 3.26. The number of ether oxygens (including phenoxy) is 2. The number of H-pyrrole nitrogens is 1. The summed E-state index contributed by atoms with van der Waals surface area (Å²) in [6.07, 6.45) is 1.58. The lowest BCUT2D eigenvalue weighted by molar-refractivity contribution is 0.304. The van der Waals surface area contributed by atoms with Crippen LogP contribution in [-0.4, -0.2) is 15.3 Å². The Kier molecular flexibility index (Phi) is 5.82. The summed E-state index contributed by atoms with van der Waals surface area (Å²) < 4.78 is 11.9. The average molecular weight is 477 g/mol. The van der Waals surface area contributed by atoms with Crippen LogP contribution in [-0.2, 0) is 6.61 Å². The summed E-state index contributed by atoms with van der Waals surface area (Å²) in [7, 11) is 0. The molecular formula is C26H18Cl2N2O3. The topological polar surface area (TPSA) is 67.4 Å². The smallest absolute Gasteiger partial charge is 0.173 e. The van der Waals surface area contributed by atoms with Crippen LogP contribution in [0.5, 0.6) is 23.0 Å². The Morgan fingerprint density at radius 3 is 2.48 bits per heavy atom. The summed E-state index contributed by atoms with van der Waals surface area (Å²) in [6.45, 7) is 0.245. The van der Waals surface area contributed by atoms with Gasteiger partial charge in [-0.3, -0.25) is 5.10 Å². The van der Waals surface area contributed by atoms with Crippen LogP contribution in [0.25, 0.3) is 22.0 Å². The number of phenols is 1. The lowest BCUT2D eigenvalue weighted by Crippen LogP contribution is -1.96. The molecule has 1 heterocycles. The fourth-order valence-corrected chi connectivity index (χ4v) is 3.98. The molecule has 0 atom stereocenters. The largest absolute Gasteiger partial charge is 0.507 e. The van der Waals surface area contributed by atoms with Crippen LogP contribution in [0.2, 0.25) is 10.0 Å². The number of phenolic OH excluding ortho intramolecular Hbond substituents is 1. The van der Waals surface area contributed by atoms with E-state index in [1.165, 1.54) is 0 Å². The molecule has 0 spiro atoms. The first-order chi connectivity index (χ1) is 16.1. The SMILES string of the molecule is Oc1cc(OCc2ccc(Cl)cc2Cl)ccc1-c1[nH]ncc1Oc1ccc2ccccc2c1. The van der Waals surface area contributed by atoms with Crippen molar-refractivity contribution in [2.24, 2.45) is 0 Å². The van der Waals surface area contributed by atoms with Gasteiger partial charge in [0.2, 0.25) is 0 Å². The van der Waals surface area contributed by atoms with Gasteiger partial charge in [-0.15, -0.1) is 0 Å². The maximum absolute atomic E-state index is 10.7. The normalized spacial score (nSPS) is 11.0. The number of hydrogen-bond acceptors (Lipinski definition) is 4. The van der Waals surface area contributed by atoms with Gasteiger partial charge in [0, 0.05) is 27.2 Å². The Morgan fingerprint density at radius 2 is 1.67 bits per heavy atom. The van der Waals surface area contributed by atoms with Gasteiger partial charge in [0.15, 0.2) is 5.75 Å². The maximum Gasteiger partial charge on any atom is 0.173 e. The molecule has 5 rings (SSSR count). The molecule has 0 unspecified atom stereocenters. The summed E-state index contributed by atoms with van der Waals surface area (Å²) >= 11 is 12.1. The number of benzene rings is 4. The highest BCUT2D eigenvalue weighted by atomic mass is 35.5. The van der Waals surface area contributed by atoms with Crippen molar-refractivity contribution in [2.75, 3.05) is 0 Å². The molecule has 0 aliphatic carbocycles. The molecule has 0 radical (unpaired) electrons. The van der Waals surface area contributed by atoms with Gasteiger partial charge < -0.3 is 14.6 Å². The molecule has 2 N–H and O–H groups in total.